The summed E-state index contributed by atoms with van der Waals surface area (Å²) in [5, 5.41) is 20.3. The SMILES string of the molecule is Cc1c(F)cccc1C1C(C(=O)c2cccc(O)c2)[C@H](C)N(CCN(C)C)[C@H](C)[C@H]1C(=O)c1cccc(O)c1. The smallest absolute Gasteiger partial charge is 0.168 e. The third kappa shape index (κ3) is 5.75. The molecule has 6 nitrogen and oxygen atoms in total. The van der Waals surface area contributed by atoms with Crippen molar-refractivity contribution in [3.05, 3.63) is 94.8 Å². The van der Waals surface area contributed by atoms with E-state index in [4.69, 9.17) is 0 Å². The quantitative estimate of drug-likeness (QED) is 0.384. The summed E-state index contributed by atoms with van der Waals surface area (Å²) in [6.07, 6.45) is 0. The summed E-state index contributed by atoms with van der Waals surface area (Å²) in [6, 6.07) is 16.7. The minimum atomic E-state index is -0.697. The Labute approximate surface area is 229 Å². The van der Waals surface area contributed by atoms with Crippen LogP contribution >= 0.6 is 0 Å². The predicted molar refractivity (Wildman–Crippen MR) is 150 cm³/mol. The van der Waals surface area contributed by atoms with Gasteiger partial charge in [0.15, 0.2) is 11.6 Å². The van der Waals surface area contributed by atoms with Gasteiger partial charge >= 0.3 is 0 Å². The fraction of sp³-hybridized carbons (Fsp3) is 0.375. The fourth-order valence-electron chi connectivity index (χ4n) is 6.17. The molecule has 0 aromatic heterocycles. The maximum absolute atomic E-state index is 15.0. The van der Waals surface area contributed by atoms with Gasteiger partial charge in [0, 0.05) is 54.1 Å². The minimum Gasteiger partial charge on any atom is -0.508 e. The van der Waals surface area contributed by atoms with Crippen molar-refractivity contribution >= 4 is 11.6 Å². The van der Waals surface area contributed by atoms with Crippen molar-refractivity contribution in [1.29, 1.82) is 0 Å². The molecular formula is C32H37FN2O4. The first-order chi connectivity index (χ1) is 18.5. The van der Waals surface area contributed by atoms with Crippen LogP contribution in [0.1, 0.15) is 51.6 Å². The van der Waals surface area contributed by atoms with E-state index in [0.717, 1.165) is 6.54 Å². The number of carbonyl (C=O) groups is 2. The van der Waals surface area contributed by atoms with Crippen LogP contribution in [0, 0.1) is 24.6 Å². The van der Waals surface area contributed by atoms with E-state index < -0.39 is 23.6 Å². The number of piperidine rings is 1. The molecule has 1 fully saturated rings. The number of ketones is 2. The Morgan fingerprint density at radius 1 is 0.846 bits per heavy atom. The average molecular weight is 533 g/mol. The molecule has 5 atom stereocenters. The van der Waals surface area contributed by atoms with Crippen LogP contribution in [0.25, 0.3) is 0 Å². The van der Waals surface area contributed by atoms with Gasteiger partial charge in [0.2, 0.25) is 0 Å². The van der Waals surface area contributed by atoms with Crippen LogP contribution in [-0.2, 0) is 0 Å². The highest BCUT2D eigenvalue weighted by molar-refractivity contribution is 6.03. The van der Waals surface area contributed by atoms with E-state index in [0.29, 0.717) is 28.8 Å². The number of phenolic OH excluding ortho intramolecular Hbond substituents is 2. The second-order valence-corrected chi connectivity index (χ2v) is 10.9. The molecule has 0 spiro atoms. The van der Waals surface area contributed by atoms with Crippen molar-refractivity contribution in [3.8, 4) is 11.5 Å². The Hall–Kier alpha value is -3.55. The summed E-state index contributed by atoms with van der Waals surface area (Å²) < 4.78 is 15.0. The molecule has 0 amide bonds. The predicted octanol–water partition coefficient (Wildman–Crippen LogP) is 5.28. The monoisotopic (exact) mass is 532 g/mol. The zero-order valence-electron chi connectivity index (χ0n) is 23.1. The van der Waals surface area contributed by atoms with Gasteiger partial charge in [-0.25, -0.2) is 4.39 Å². The number of rotatable bonds is 8. The number of carbonyl (C=O) groups excluding carboxylic acids is 2. The van der Waals surface area contributed by atoms with Gasteiger partial charge in [-0.3, -0.25) is 14.5 Å². The summed E-state index contributed by atoms with van der Waals surface area (Å²) in [4.78, 5) is 32.8. The van der Waals surface area contributed by atoms with Gasteiger partial charge < -0.3 is 15.1 Å². The Morgan fingerprint density at radius 3 is 1.79 bits per heavy atom. The highest BCUT2D eigenvalue weighted by atomic mass is 19.1. The molecule has 3 aromatic rings. The Balaban J connectivity index is 1.94. The number of hydrogen-bond acceptors (Lipinski definition) is 6. The van der Waals surface area contributed by atoms with Gasteiger partial charge in [0.05, 0.1) is 0 Å². The molecule has 1 aliphatic heterocycles. The molecule has 7 heteroatoms. The second kappa shape index (κ2) is 11.7. The summed E-state index contributed by atoms with van der Waals surface area (Å²) >= 11 is 0. The van der Waals surface area contributed by atoms with Crippen LogP contribution in [0.15, 0.2) is 66.7 Å². The van der Waals surface area contributed by atoms with Crippen LogP contribution in [0.2, 0.25) is 0 Å². The zero-order valence-corrected chi connectivity index (χ0v) is 23.1. The molecule has 0 bridgehead atoms. The molecule has 1 aliphatic rings. The van der Waals surface area contributed by atoms with Gasteiger partial charge in [-0.1, -0.05) is 36.4 Å². The van der Waals surface area contributed by atoms with E-state index in [1.165, 1.54) is 30.3 Å². The lowest BCUT2D eigenvalue weighted by atomic mass is 9.62. The standard InChI is InChI=1S/C32H37FN2O4/c1-19-26(13-8-14-27(19)33)30-28(31(38)22-9-6-11-24(36)17-22)20(2)35(16-15-34(4)5)21(3)29(30)32(39)23-10-7-12-25(37)18-23/h6-14,17-18,20-21,28-30,36-37H,15-16H2,1-5H3/t20-,21+,28-,29?,30?/m1/s1. The van der Waals surface area contributed by atoms with Gasteiger partial charge in [0.25, 0.3) is 0 Å². The van der Waals surface area contributed by atoms with Crippen LogP contribution < -0.4 is 0 Å². The largest absolute Gasteiger partial charge is 0.508 e. The zero-order chi connectivity index (χ0) is 28.4. The Morgan fingerprint density at radius 2 is 1.33 bits per heavy atom. The molecule has 4 rings (SSSR count). The van der Waals surface area contributed by atoms with Crippen molar-refractivity contribution in [2.75, 3.05) is 27.2 Å². The number of hydrogen-bond donors (Lipinski definition) is 2. The summed E-state index contributed by atoms with van der Waals surface area (Å²) in [5.74, 6) is -2.87. The summed E-state index contributed by atoms with van der Waals surface area (Å²) in [6.45, 7) is 7.02. The lowest BCUT2D eigenvalue weighted by molar-refractivity contribution is 0.00310. The molecular weight excluding hydrogens is 495 g/mol. The molecule has 0 radical (unpaired) electrons. The van der Waals surface area contributed by atoms with Gasteiger partial charge in [-0.15, -0.1) is 0 Å². The third-order valence-corrected chi connectivity index (χ3v) is 8.20. The molecule has 0 saturated carbocycles. The van der Waals surface area contributed by atoms with E-state index in [1.54, 1.807) is 37.3 Å². The maximum Gasteiger partial charge on any atom is 0.168 e. The number of nitrogens with zero attached hydrogens (tertiary/aromatic N) is 2. The topological polar surface area (TPSA) is 81.1 Å². The van der Waals surface area contributed by atoms with Crippen molar-refractivity contribution in [1.82, 2.24) is 9.80 Å². The molecule has 0 aliphatic carbocycles. The first-order valence-electron chi connectivity index (χ1n) is 13.3. The minimum absolute atomic E-state index is 0.0204. The maximum atomic E-state index is 15.0. The lowest BCUT2D eigenvalue weighted by Crippen LogP contribution is -2.60. The highest BCUT2D eigenvalue weighted by Crippen LogP contribution is 2.47. The Bertz CT molecular complexity index is 1290. The number of Topliss-reactive ketones (excluding diaryl/α,β-unsaturated/α-hetero) is 2. The van der Waals surface area contributed by atoms with E-state index >= 15 is 0 Å². The molecule has 2 unspecified atom stereocenters. The highest BCUT2D eigenvalue weighted by Gasteiger charge is 2.52. The number of likely N-dealkylation sites (tertiary alicyclic amines) is 1. The number of likely N-dealkylation sites (N-methyl/N-ethyl adjacent to an activating group) is 1. The number of phenols is 2. The van der Waals surface area contributed by atoms with E-state index in [-0.39, 0.29) is 35.1 Å². The summed E-state index contributed by atoms with van der Waals surface area (Å²) in [7, 11) is 3.95. The number of aromatic hydroxyl groups is 2. The van der Waals surface area contributed by atoms with Gasteiger partial charge in [-0.05, 0) is 76.3 Å². The van der Waals surface area contributed by atoms with Gasteiger partial charge in [0.1, 0.15) is 17.3 Å². The van der Waals surface area contributed by atoms with Gasteiger partial charge in [-0.2, -0.15) is 0 Å². The molecule has 1 heterocycles. The first kappa shape index (κ1) is 28.5. The second-order valence-electron chi connectivity index (χ2n) is 10.9. The van der Waals surface area contributed by atoms with Crippen LogP contribution in [0.5, 0.6) is 11.5 Å². The van der Waals surface area contributed by atoms with E-state index in [2.05, 4.69) is 9.80 Å². The van der Waals surface area contributed by atoms with Crippen LogP contribution in [0.3, 0.4) is 0 Å². The number of halogens is 1. The molecule has 1 saturated heterocycles. The van der Waals surface area contributed by atoms with E-state index in [9.17, 15) is 24.2 Å². The molecule has 39 heavy (non-hydrogen) atoms. The van der Waals surface area contributed by atoms with Crippen molar-refractivity contribution < 1.29 is 24.2 Å². The van der Waals surface area contributed by atoms with Crippen molar-refractivity contribution in [3.63, 3.8) is 0 Å². The lowest BCUT2D eigenvalue weighted by Gasteiger charge is -2.52. The third-order valence-electron chi connectivity index (χ3n) is 8.20. The normalized spacial score (nSPS) is 23.6. The number of benzene rings is 3. The van der Waals surface area contributed by atoms with Crippen molar-refractivity contribution in [2.45, 2.75) is 38.8 Å². The summed E-state index contributed by atoms with van der Waals surface area (Å²) in [5.41, 5.74) is 1.72. The molecule has 206 valence electrons. The van der Waals surface area contributed by atoms with Crippen molar-refractivity contribution in [2.24, 2.45) is 11.8 Å². The van der Waals surface area contributed by atoms with Crippen LogP contribution in [-0.4, -0.2) is 70.8 Å². The molecule has 3 aromatic carbocycles. The fourth-order valence-corrected chi connectivity index (χ4v) is 6.17. The molecule has 2 N–H and O–H groups in total. The first-order valence-corrected chi connectivity index (χ1v) is 13.3. The average Bonchev–Trinajstić information content (AvgIpc) is 2.89. The van der Waals surface area contributed by atoms with Crippen LogP contribution in [0.4, 0.5) is 4.39 Å². The Kier molecular flexibility index (Phi) is 8.52. The van der Waals surface area contributed by atoms with E-state index in [1.807, 2.05) is 34.0 Å².